The summed E-state index contributed by atoms with van der Waals surface area (Å²) in [6, 6.07) is 1.96. The molecule has 0 bridgehead atoms. The van der Waals surface area contributed by atoms with Gasteiger partial charge in [-0.15, -0.1) is 0 Å². The van der Waals surface area contributed by atoms with Gasteiger partial charge in [-0.05, 0) is 33.0 Å². The van der Waals surface area contributed by atoms with E-state index in [1.165, 1.54) is 0 Å². The second-order valence-corrected chi connectivity index (χ2v) is 6.26. The summed E-state index contributed by atoms with van der Waals surface area (Å²) in [5, 5.41) is 9.19. The van der Waals surface area contributed by atoms with E-state index in [2.05, 4.69) is 10.00 Å². The zero-order chi connectivity index (χ0) is 12.6. The van der Waals surface area contributed by atoms with Gasteiger partial charge < -0.3 is 4.90 Å². The Morgan fingerprint density at radius 1 is 1.53 bits per heavy atom. The van der Waals surface area contributed by atoms with E-state index in [9.17, 15) is 8.42 Å². The Balaban J connectivity index is 2.26. The van der Waals surface area contributed by atoms with Gasteiger partial charge in [0.15, 0.2) is 5.03 Å². The lowest BCUT2D eigenvalue weighted by Crippen LogP contribution is -2.17. The van der Waals surface area contributed by atoms with Crippen molar-refractivity contribution in [1.29, 1.82) is 0 Å². The van der Waals surface area contributed by atoms with Crippen molar-refractivity contribution in [1.82, 2.24) is 14.7 Å². The number of likely N-dealkylation sites (N-methyl/N-ethyl adjacent to an activating group) is 1. The highest BCUT2D eigenvalue weighted by atomic mass is 32.2. The van der Waals surface area contributed by atoms with Crippen LogP contribution in [0.2, 0.25) is 0 Å². The van der Waals surface area contributed by atoms with Crippen LogP contribution >= 0.6 is 0 Å². The van der Waals surface area contributed by atoms with Crippen LogP contribution in [0.3, 0.4) is 0 Å². The first-order valence-corrected chi connectivity index (χ1v) is 7.18. The Labute approximate surface area is 101 Å². The molecule has 0 spiro atoms. The predicted octanol–water partition coefficient (Wildman–Crippen LogP) is -0.0305. The quantitative estimate of drug-likeness (QED) is 0.804. The molecule has 0 amide bonds. The number of nitrogens with zero attached hydrogens (tertiary/aromatic N) is 3. The third-order valence-electron chi connectivity index (χ3n) is 2.79. The van der Waals surface area contributed by atoms with Gasteiger partial charge in [-0.3, -0.25) is 4.68 Å². The first-order chi connectivity index (χ1) is 7.88. The topological polar surface area (TPSA) is 81.2 Å². The van der Waals surface area contributed by atoms with Crippen molar-refractivity contribution in [3.05, 3.63) is 11.8 Å². The zero-order valence-corrected chi connectivity index (χ0v) is 10.9. The SMILES string of the molecule is CN(C)CCc1cc(S(N)(=O)=O)nn1C1CC1. The predicted molar refractivity (Wildman–Crippen MR) is 64.1 cm³/mol. The molecule has 1 aromatic heterocycles. The Hall–Kier alpha value is -0.920. The maximum Gasteiger partial charge on any atom is 0.257 e. The Morgan fingerprint density at radius 2 is 2.18 bits per heavy atom. The van der Waals surface area contributed by atoms with Gasteiger partial charge in [0.2, 0.25) is 0 Å². The molecule has 1 aliphatic carbocycles. The summed E-state index contributed by atoms with van der Waals surface area (Å²) in [4.78, 5) is 2.06. The lowest BCUT2D eigenvalue weighted by molar-refractivity contribution is 0.406. The van der Waals surface area contributed by atoms with Gasteiger partial charge in [0.05, 0.1) is 6.04 Å². The van der Waals surface area contributed by atoms with E-state index in [1.807, 2.05) is 18.8 Å². The van der Waals surface area contributed by atoms with Crippen LogP contribution in [-0.2, 0) is 16.4 Å². The molecule has 17 heavy (non-hydrogen) atoms. The molecule has 1 saturated carbocycles. The molecule has 7 heteroatoms. The summed E-state index contributed by atoms with van der Waals surface area (Å²) in [6.45, 7) is 0.864. The number of rotatable bonds is 5. The average Bonchev–Trinajstić information content (AvgIpc) is 2.93. The van der Waals surface area contributed by atoms with Crippen LogP contribution in [0.1, 0.15) is 24.6 Å². The lowest BCUT2D eigenvalue weighted by Gasteiger charge is -2.10. The normalized spacial score (nSPS) is 16.7. The molecule has 6 nitrogen and oxygen atoms in total. The highest BCUT2D eigenvalue weighted by Gasteiger charge is 2.28. The van der Waals surface area contributed by atoms with Gasteiger partial charge in [0.25, 0.3) is 10.0 Å². The maximum atomic E-state index is 11.3. The van der Waals surface area contributed by atoms with Crippen molar-refractivity contribution in [3.63, 3.8) is 0 Å². The van der Waals surface area contributed by atoms with E-state index >= 15 is 0 Å². The molecule has 2 N–H and O–H groups in total. The second kappa shape index (κ2) is 4.40. The molecule has 96 valence electrons. The van der Waals surface area contributed by atoms with Crippen LogP contribution < -0.4 is 5.14 Å². The molecule has 0 radical (unpaired) electrons. The Kier molecular flexibility index (Phi) is 3.24. The first-order valence-electron chi connectivity index (χ1n) is 5.64. The standard InChI is InChI=1S/C10H18N4O2S/c1-13(2)6-5-9-7-10(17(11,15)16)12-14(9)8-3-4-8/h7-8H,3-6H2,1-2H3,(H2,11,15,16). The van der Waals surface area contributed by atoms with E-state index in [1.54, 1.807) is 6.07 Å². The molecule has 0 saturated heterocycles. The number of aromatic nitrogens is 2. The van der Waals surface area contributed by atoms with Gasteiger partial charge in [-0.25, -0.2) is 13.6 Å². The monoisotopic (exact) mass is 258 g/mol. The molecule has 1 aromatic rings. The maximum absolute atomic E-state index is 11.3. The number of hydrogen-bond acceptors (Lipinski definition) is 4. The van der Waals surface area contributed by atoms with E-state index in [0.29, 0.717) is 6.04 Å². The second-order valence-electron chi connectivity index (χ2n) is 4.75. The fourth-order valence-electron chi connectivity index (χ4n) is 1.71. The average molecular weight is 258 g/mol. The highest BCUT2D eigenvalue weighted by molar-refractivity contribution is 7.89. The van der Waals surface area contributed by atoms with Gasteiger partial charge in [0, 0.05) is 18.7 Å². The Morgan fingerprint density at radius 3 is 2.65 bits per heavy atom. The molecule has 2 rings (SSSR count). The molecule has 1 fully saturated rings. The lowest BCUT2D eigenvalue weighted by atomic mass is 10.3. The van der Waals surface area contributed by atoms with Crippen LogP contribution in [0, 0.1) is 0 Å². The summed E-state index contributed by atoms with van der Waals surface area (Å²) in [5.41, 5.74) is 0.949. The fraction of sp³-hybridized carbons (Fsp3) is 0.700. The third kappa shape index (κ3) is 3.05. The minimum Gasteiger partial charge on any atom is -0.309 e. The van der Waals surface area contributed by atoms with Gasteiger partial charge in [-0.1, -0.05) is 0 Å². The zero-order valence-electron chi connectivity index (χ0n) is 10.1. The first kappa shape index (κ1) is 12.5. The molecule has 1 aliphatic rings. The fourth-order valence-corrected chi connectivity index (χ4v) is 2.21. The van der Waals surface area contributed by atoms with E-state index in [0.717, 1.165) is 31.5 Å². The minimum absolute atomic E-state index is 0.0156. The molecule has 0 unspecified atom stereocenters. The number of hydrogen-bond donors (Lipinski definition) is 1. The van der Waals surface area contributed by atoms with E-state index in [-0.39, 0.29) is 5.03 Å². The molecular formula is C10H18N4O2S. The summed E-state index contributed by atoms with van der Waals surface area (Å²) in [6.07, 6.45) is 2.92. The largest absolute Gasteiger partial charge is 0.309 e. The summed E-state index contributed by atoms with van der Waals surface area (Å²) < 4.78 is 24.4. The van der Waals surface area contributed by atoms with Crippen molar-refractivity contribution in [2.75, 3.05) is 20.6 Å². The van der Waals surface area contributed by atoms with Crippen molar-refractivity contribution >= 4 is 10.0 Å². The van der Waals surface area contributed by atoms with E-state index < -0.39 is 10.0 Å². The van der Waals surface area contributed by atoms with Gasteiger partial charge >= 0.3 is 0 Å². The number of primary sulfonamides is 1. The highest BCUT2D eigenvalue weighted by Crippen LogP contribution is 2.35. The van der Waals surface area contributed by atoms with Gasteiger partial charge in [-0.2, -0.15) is 5.10 Å². The molecule has 1 heterocycles. The minimum atomic E-state index is -3.69. The molecule has 0 aliphatic heterocycles. The molecular weight excluding hydrogens is 240 g/mol. The number of nitrogens with two attached hydrogens (primary N) is 1. The van der Waals surface area contributed by atoms with Crippen molar-refractivity contribution < 1.29 is 8.42 Å². The summed E-state index contributed by atoms with van der Waals surface area (Å²) in [7, 11) is 0.275. The Bertz CT molecular complexity index is 502. The van der Waals surface area contributed by atoms with Crippen LogP contribution in [0.15, 0.2) is 11.1 Å². The van der Waals surface area contributed by atoms with Crippen molar-refractivity contribution in [2.45, 2.75) is 30.3 Å². The smallest absolute Gasteiger partial charge is 0.257 e. The van der Waals surface area contributed by atoms with Crippen LogP contribution in [-0.4, -0.2) is 43.7 Å². The summed E-state index contributed by atoms with van der Waals surface area (Å²) in [5.74, 6) is 0. The van der Waals surface area contributed by atoms with Crippen molar-refractivity contribution in [2.24, 2.45) is 5.14 Å². The number of sulfonamides is 1. The van der Waals surface area contributed by atoms with Crippen LogP contribution in [0.4, 0.5) is 0 Å². The van der Waals surface area contributed by atoms with Crippen LogP contribution in [0.5, 0.6) is 0 Å². The van der Waals surface area contributed by atoms with Gasteiger partial charge in [0.1, 0.15) is 0 Å². The molecule has 0 aromatic carbocycles. The van der Waals surface area contributed by atoms with Crippen molar-refractivity contribution in [3.8, 4) is 0 Å². The summed E-state index contributed by atoms with van der Waals surface area (Å²) >= 11 is 0. The third-order valence-corrected chi connectivity index (χ3v) is 3.57. The molecule has 0 atom stereocenters. The van der Waals surface area contributed by atoms with Crippen LogP contribution in [0.25, 0.3) is 0 Å². The van der Waals surface area contributed by atoms with E-state index in [4.69, 9.17) is 5.14 Å².